The summed E-state index contributed by atoms with van der Waals surface area (Å²) < 4.78 is 0. The summed E-state index contributed by atoms with van der Waals surface area (Å²) in [4.78, 5) is 6.88. The van der Waals surface area contributed by atoms with Crippen LogP contribution in [0.3, 0.4) is 0 Å². The molecule has 2 heterocycles. The highest BCUT2D eigenvalue weighted by atomic mass is 35.5. The summed E-state index contributed by atoms with van der Waals surface area (Å²) in [7, 11) is 0. The van der Waals surface area contributed by atoms with Crippen molar-refractivity contribution in [2.45, 2.75) is 53.1 Å². The maximum atomic E-state index is 6.42. The van der Waals surface area contributed by atoms with Gasteiger partial charge in [0.05, 0.1) is 5.02 Å². The van der Waals surface area contributed by atoms with Gasteiger partial charge in [0.1, 0.15) is 5.82 Å². The molecule has 1 aliphatic heterocycles. The van der Waals surface area contributed by atoms with E-state index in [0.717, 1.165) is 36.0 Å². The van der Waals surface area contributed by atoms with E-state index < -0.39 is 0 Å². The van der Waals surface area contributed by atoms with Crippen LogP contribution in [0.15, 0.2) is 12.3 Å². The summed E-state index contributed by atoms with van der Waals surface area (Å²) in [6, 6.07) is 2.04. The van der Waals surface area contributed by atoms with Gasteiger partial charge in [0.2, 0.25) is 0 Å². The Labute approximate surface area is 127 Å². The van der Waals surface area contributed by atoms with E-state index in [-0.39, 0.29) is 5.54 Å². The number of halogens is 1. The van der Waals surface area contributed by atoms with Crippen LogP contribution in [-0.4, -0.2) is 23.6 Å². The Kier molecular flexibility index (Phi) is 4.31. The summed E-state index contributed by atoms with van der Waals surface area (Å²) in [5.41, 5.74) is 1.59. The van der Waals surface area contributed by atoms with Crippen LogP contribution in [0.1, 0.15) is 46.6 Å². The summed E-state index contributed by atoms with van der Waals surface area (Å²) >= 11 is 6.42. The molecule has 0 amide bonds. The van der Waals surface area contributed by atoms with Crippen molar-refractivity contribution in [2.75, 3.05) is 18.0 Å². The van der Waals surface area contributed by atoms with E-state index in [9.17, 15) is 0 Å². The van der Waals surface area contributed by atoms with Crippen LogP contribution in [-0.2, 0) is 6.54 Å². The quantitative estimate of drug-likeness (QED) is 0.918. The smallest absolute Gasteiger partial charge is 0.147 e. The van der Waals surface area contributed by atoms with Gasteiger partial charge in [0.15, 0.2) is 0 Å². The standard InChI is InChI=1S/C16H26ClN3/c1-15(2,3)19-10-12-8-13(17)14(18-9-12)20-7-6-16(4,5)11-20/h8-9,19H,6-7,10-11H2,1-5H3. The first kappa shape index (κ1) is 15.6. The zero-order valence-corrected chi connectivity index (χ0v) is 14.0. The van der Waals surface area contributed by atoms with Gasteiger partial charge in [-0.15, -0.1) is 0 Å². The van der Waals surface area contributed by atoms with Crippen LogP contribution >= 0.6 is 11.6 Å². The molecule has 1 N–H and O–H groups in total. The van der Waals surface area contributed by atoms with Gasteiger partial charge in [-0.05, 0) is 44.2 Å². The van der Waals surface area contributed by atoms with Crippen LogP contribution in [0.2, 0.25) is 5.02 Å². The van der Waals surface area contributed by atoms with Crippen molar-refractivity contribution >= 4 is 17.4 Å². The topological polar surface area (TPSA) is 28.2 Å². The Morgan fingerprint density at radius 3 is 2.60 bits per heavy atom. The summed E-state index contributed by atoms with van der Waals surface area (Å²) in [6.45, 7) is 13.9. The highest BCUT2D eigenvalue weighted by molar-refractivity contribution is 6.33. The average Bonchev–Trinajstić information content (AvgIpc) is 2.66. The molecule has 0 saturated carbocycles. The van der Waals surface area contributed by atoms with Crippen LogP contribution in [0.25, 0.3) is 0 Å². The molecule has 2 rings (SSSR count). The van der Waals surface area contributed by atoms with E-state index >= 15 is 0 Å². The lowest BCUT2D eigenvalue weighted by atomic mass is 9.93. The first-order valence-corrected chi connectivity index (χ1v) is 7.69. The SMILES string of the molecule is CC1(C)CCN(c2ncc(CNC(C)(C)C)cc2Cl)C1. The molecule has 112 valence electrons. The van der Waals surface area contributed by atoms with Crippen LogP contribution in [0.5, 0.6) is 0 Å². The van der Waals surface area contributed by atoms with Crippen LogP contribution in [0.4, 0.5) is 5.82 Å². The second kappa shape index (κ2) is 5.53. The fourth-order valence-electron chi connectivity index (χ4n) is 2.46. The van der Waals surface area contributed by atoms with Gasteiger partial charge < -0.3 is 10.2 Å². The van der Waals surface area contributed by atoms with E-state index in [1.165, 1.54) is 6.42 Å². The van der Waals surface area contributed by atoms with Gasteiger partial charge in [-0.25, -0.2) is 4.98 Å². The minimum absolute atomic E-state index is 0.101. The number of aromatic nitrogens is 1. The van der Waals surface area contributed by atoms with Gasteiger partial charge in [-0.2, -0.15) is 0 Å². The number of nitrogens with zero attached hydrogens (tertiary/aromatic N) is 2. The molecule has 0 spiro atoms. The minimum atomic E-state index is 0.101. The molecule has 1 aromatic heterocycles. The lowest BCUT2D eigenvalue weighted by molar-refractivity contribution is 0.418. The third-order valence-electron chi connectivity index (χ3n) is 3.68. The summed E-state index contributed by atoms with van der Waals surface area (Å²) in [5.74, 6) is 0.928. The molecule has 1 aliphatic rings. The molecule has 0 atom stereocenters. The van der Waals surface area contributed by atoms with Crippen molar-refractivity contribution < 1.29 is 0 Å². The third kappa shape index (κ3) is 4.10. The van der Waals surface area contributed by atoms with Crippen molar-refractivity contribution in [3.05, 3.63) is 22.8 Å². The zero-order chi connectivity index (χ0) is 15.0. The lowest BCUT2D eigenvalue weighted by Crippen LogP contribution is -2.35. The van der Waals surface area contributed by atoms with Crippen molar-refractivity contribution in [2.24, 2.45) is 5.41 Å². The zero-order valence-electron chi connectivity index (χ0n) is 13.3. The van der Waals surface area contributed by atoms with Crippen LogP contribution in [0, 0.1) is 5.41 Å². The number of anilines is 1. The summed E-state index contributed by atoms with van der Waals surface area (Å²) in [5, 5.41) is 4.22. The molecule has 0 bridgehead atoms. The molecular formula is C16H26ClN3. The predicted octanol–water partition coefficient (Wildman–Crippen LogP) is 3.86. The van der Waals surface area contributed by atoms with E-state index in [0.29, 0.717) is 5.41 Å². The molecule has 4 heteroatoms. The fraction of sp³-hybridized carbons (Fsp3) is 0.688. The van der Waals surface area contributed by atoms with Crippen molar-refractivity contribution in [1.82, 2.24) is 10.3 Å². The maximum absolute atomic E-state index is 6.42. The van der Waals surface area contributed by atoms with E-state index in [4.69, 9.17) is 11.6 Å². The van der Waals surface area contributed by atoms with Crippen molar-refractivity contribution in [3.63, 3.8) is 0 Å². The Morgan fingerprint density at radius 1 is 1.40 bits per heavy atom. The maximum Gasteiger partial charge on any atom is 0.147 e. The second-order valence-electron chi connectivity index (χ2n) is 7.59. The highest BCUT2D eigenvalue weighted by Crippen LogP contribution is 2.34. The fourth-order valence-corrected chi connectivity index (χ4v) is 2.77. The van der Waals surface area contributed by atoms with E-state index in [2.05, 4.69) is 49.8 Å². The Balaban J connectivity index is 2.07. The normalized spacial score (nSPS) is 18.6. The molecule has 1 aromatic rings. The summed E-state index contributed by atoms with van der Waals surface area (Å²) in [6.07, 6.45) is 3.13. The Bertz CT molecular complexity index is 477. The number of nitrogens with one attached hydrogen (secondary N) is 1. The lowest BCUT2D eigenvalue weighted by Gasteiger charge is -2.23. The molecule has 0 aromatic carbocycles. The number of hydrogen-bond acceptors (Lipinski definition) is 3. The molecular weight excluding hydrogens is 270 g/mol. The first-order chi connectivity index (χ1) is 9.16. The monoisotopic (exact) mass is 295 g/mol. The van der Waals surface area contributed by atoms with Gasteiger partial charge in [-0.1, -0.05) is 25.4 Å². The molecule has 1 saturated heterocycles. The molecule has 3 nitrogen and oxygen atoms in total. The largest absolute Gasteiger partial charge is 0.355 e. The first-order valence-electron chi connectivity index (χ1n) is 7.31. The Hall–Kier alpha value is -0.800. The Morgan fingerprint density at radius 2 is 2.10 bits per heavy atom. The molecule has 0 unspecified atom stereocenters. The van der Waals surface area contributed by atoms with Gasteiger partial charge in [0, 0.05) is 31.4 Å². The number of hydrogen-bond donors (Lipinski definition) is 1. The second-order valence-corrected chi connectivity index (χ2v) is 8.00. The van der Waals surface area contributed by atoms with Gasteiger partial charge in [0.25, 0.3) is 0 Å². The molecule has 20 heavy (non-hydrogen) atoms. The van der Waals surface area contributed by atoms with E-state index in [1.54, 1.807) is 0 Å². The van der Waals surface area contributed by atoms with Crippen molar-refractivity contribution in [3.8, 4) is 0 Å². The predicted molar refractivity (Wildman–Crippen MR) is 86.5 cm³/mol. The molecule has 0 radical (unpaired) electrons. The van der Waals surface area contributed by atoms with E-state index in [1.807, 2.05) is 12.3 Å². The molecule has 0 aliphatic carbocycles. The third-order valence-corrected chi connectivity index (χ3v) is 3.96. The van der Waals surface area contributed by atoms with Gasteiger partial charge in [-0.3, -0.25) is 0 Å². The average molecular weight is 296 g/mol. The van der Waals surface area contributed by atoms with Crippen LogP contribution < -0.4 is 10.2 Å². The van der Waals surface area contributed by atoms with Gasteiger partial charge >= 0.3 is 0 Å². The number of rotatable bonds is 3. The highest BCUT2D eigenvalue weighted by Gasteiger charge is 2.30. The van der Waals surface area contributed by atoms with Crippen molar-refractivity contribution in [1.29, 1.82) is 0 Å². The molecule has 1 fully saturated rings. The number of pyridine rings is 1. The minimum Gasteiger partial charge on any atom is -0.355 e.